The third kappa shape index (κ3) is 19.4. The lowest BCUT2D eigenvalue weighted by Gasteiger charge is -2.28. The minimum atomic E-state index is -1.58. The van der Waals surface area contributed by atoms with Gasteiger partial charge in [-0.2, -0.15) is 0 Å². The molecule has 0 aromatic heterocycles. The standard InChI is InChI=1S/C40H67N13O10/c1-24(54)33(52-36(59)29(49-31(55)22-43)21-25-11-3-2-4-12-25)37(60)51-27(14-6-8-18-42)35(58)50-26(13-5-7-17-41)34(57)47-23-32(56)48-28(15-9-19-46-40(44)45)38(61)53-20-10-16-30(53)39(62)63/h2-4,11-12,24,26-30,33,54H,5-10,13-23,41-43H2,1H3,(H,47,57)(H,48,56)(H,49,55)(H,50,58)(H,51,60)(H,52,59)(H,62,63)(H4,44,45,46)/t24-,26+,27+,28+,29+,30+,33+/m1/s1. The second-order valence-corrected chi connectivity index (χ2v) is 15.2. The molecule has 1 fully saturated rings. The molecule has 7 atom stereocenters. The first-order valence-corrected chi connectivity index (χ1v) is 21.2. The molecule has 2 rings (SSSR count). The molecular formula is C40H67N13O10. The van der Waals surface area contributed by atoms with E-state index in [2.05, 4.69) is 36.9 Å². The van der Waals surface area contributed by atoms with Gasteiger partial charge in [-0.05, 0) is 89.8 Å². The van der Waals surface area contributed by atoms with Crippen LogP contribution in [0.4, 0.5) is 0 Å². The van der Waals surface area contributed by atoms with Gasteiger partial charge in [0.2, 0.25) is 41.4 Å². The minimum absolute atomic E-state index is 0.0389. The molecule has 23 heteroatoms. The average molecular weight is 890 g/mol. The number of amides is 7. The van der Waals surface area contributed by atoms with Crippen LogP contribution in [0.2, 0.25) is 0 Å². The van der Waals surface area contributed by atoms with Gasteiger partial charge >= 0.3 is 5.97 Å². The molecule has 1 aromatic rings. The zero-order valence-electron chi connectivity index (χ0n) is 35.9. The molecule has 0 aliphatic carbocycles. The molecule has 1 aliphatic heterocycles. The first-order chi connectivity index (χ1) is 30.0. The highest BCUT2D eigenvalue weighted by Gasteiger charge is 2.38. The fourth-order valence-electron chi connectivity index (χ4n) is 6.81. The molecule has 1 aromatic carbocycles. The number of aliphatic imine (C=N–C) groups is 1. The molecule has 7 amide bonds. The molecule has 23 nitrogen and oxygen atoms in total. The molecule has 1 saturated heterocycles. The Morgan fingerprint density at radius 2 is 1.30 bits per heavy atom. The molecule has 0 spiro atoms. The molecule has 0 radical (unpaired) electrons. The maximum atomic E-state index is 13.9. The summed E-state index contributed by atoms with van der Waals surface area (Å²) in [4.78, 5) is 110. The number of rotatable bonds is 29. The number of carbonyl (C=O) groups is 8. The molecule has 0 unspecified atom stereocenters. The summed E-state index contributed by atoms with van der Waals surface area (Å²) < 4.78 is 0. The summed E-state index contributed by atoms with van der Waals surface area (Å²) in [6, 6.07) is 1.28. The van der Waals surface area contributed by atoms with Crippen molar-refractivity contribution in [3.05, 3.63) is 35.9 Å². The predicted octanol–water partition coefficient (Wildman–Crippen LogP) is -4.50. The first-order valence-electron chi connectivity index (χ1n) is 21.2. The number of guanidine groups is 1. The Morgan fingerprint density at radius 3 is 1.87 bits per heavy atom. The maximum absolute atomic E-state index is 13.9. The number of benzene rings is 1. The smallest absolute Gasteiger partial charge is 0.326 e. The van der Waals surface area contributed by atoms with E-state index in [0.29, 0.717) is 37.7 Å². The Hall–Kier alpha value is -5.91. The van der Waals surface area contributed by atoms with Gasteiger partial charge in [0.05, 0.1) is 19.2 Å². The summed E-state index contributed by atoms with van der Waals surface area (Å²) >= 11 is 0. The number of hydrogen-bond acceptors (Lipinski definition) is 13. The normalized spacial score (nSPS) is 16.2. The van der Waals surface area contributed by atoms with Gasteiger partial charge in [-0.25, -0.2) is 4.79 Å². The Morgan fingerprint density at radius 1 is 0.730 bits per heavy atom. The van der Waals surface area contributed by atoms with Gasteiger partial charge in [-0.3, -0.25) is 38.6 Å². The third-order valence-corrected chi connectivity index (χ3v) is 10.2. The number of nitrogens with two attached hydrogens (primary N) is 5. The van der Waals surface area contributed by atoms with Crippen molar-refractivity contribution in [3.63, 3.8) is 0 Å². The lowest BCUT2D eigenvalue weighted by atomic mass is 10.0. The summed E-state index contributed by atoms with van der Waals surface area (Å²) in [7, 11) is 0. The molecule has 18 N–H and O–H groups in total. The van der Waals surface area contributed by atoms with Crippen LogP contribution in [-0.2, 0) is 44.8 Å². The van der Waals surface area contributed by atoms with Crippen LogP contribution in [0.1, 0.15) is 76.7 Å². The van der Waals surface area contributed by atoms with Crippen molar-refractivity contribution in [2.45, 2.75) is 120 Å². The van der Waals surface area contributed by atoms with Crippen molar-refractivity contribution in [3.8, 4) is 0 Å². The number of nitrogens with zero attached hydrogens (tertiary/aromatic N) is 2. The predicted molar refractivity (Wildman–Crippen MR) is 232 cm³/mol. The number of likely N-dealkylation sites (tertiary alicyclic amines) is 1. The van der Waals surface area contributed by atoms with E-state index in [0.717, 1.165) is 0 Å². The highest BCUT2D eigenvalue weighted by atomic mass is 16.4. The first kappa shape index (κ1) is 53.2. The number of carboxylic acids is 1. The number of carbonyl (C=O) groups excluding carboxylic acids is 7. The van der Waals surface area contributed by atoms with E-state index in [1.54, 1.807) is 30.3 Å². The number of aliphatic hydroxyl groups is 1. The van der Waals surface area contributed by atoms with Crippen molar-refractivity contribution < 1.29 is 48.6 Å². The summed E-state index contributed by atoms with van der Waals surface area (Å²) in [5.41, 5.74) is 28.3. The molecular weight excluding hydrogens is 823 g/mol. The van der Waals surface area contributed by atoms with Gasteiger partial charge in [0.1, 0.15) is 36.3 Å². The van der Waals surface area contributed by atoms with Crippen LogP contribution in [0.5, 0.6) is 0 Å². The fourth-order valence-corrected chi connectivity index (χ4v) is 6.81. The van der Waals surface area contributed by atoms with Crippen LogP contribution >= 0.6 is 0 Å². The van der Waals surface area contributed by atoms with Crippen LogP contribution in [0.25, 0.3) is 0 Å². The van der Waals surface area contributed by atoms with E-state index in [4.69, 9.17) is 28.7 Å². The molecule has 1 aliphatic rings. The van der Waals surface area contributed by atoms with E-state index in [1.165, 1.54) is 11.8 Å². The van der Waals surface area contributed by atoms with Crippen molar-refractivity contribution in [2.75, 3.05) is 39.3 Å². The molecule has 0 saturated carbocycles. The lowest BCUT2D eigenvalue weighted by Crippen LogP contribution is -2.61. The second kappa shape index (κ2) is 28.6. The zero-order valence-corrected chi connectivity index (χ0v) is 35.9. The Bertz CT molecular complexity index is 1700. The summed E-state index contributed by atoms with van der Waals surface area (Å²) in [5, 5.41) is 35.5. The topological polar surface area (TPSA) is 395 Å². The van der Waals surface area contributed by atoms with Gasteiger partial charge in [-0.15, -0.1) is 0 Å². The quantitative estimate of drug-likeness (QED) is 0.0205. The average Bonchev–Trinajstić information content (AvgIpc) is 3.75. The second-order valence-electron chi connectivity index (χ2n) is 15.2. The molecule has 0 bridgehead atoms. The van der Waals surface area contributed by atoms with E-state index in [1.807, 2.05) is 0 Å². The van der Waals surface area contributed by atoms with Crippen LogP contribution in [0.3, 0.4) is 0 Å². The van der Waals surface area contributed by atoms with Crippen molar-refractivity contribution in [1.29, 1.82) is 0 Å². The minimum Gasteiger partial charge on any atom is -0.480 e. The largest absolute Gasteiger partial charge is 0.480 e. The number of hydrogen-bond donors (Lipinski definition) is 13. The van der Waals surface area contributed by atoms with E-state index < -0.39 is 103 Å². The van der Waals surface area contributed by atoms with E-state index in [9.17, 15) is 48.6 Å². The van der Waals surface area contributed by atoms with Crippen LogP contribution in [-0.4, -0.2) is 150 Å². The number of carboxylic acid groups (broad SMARTS) is 1. The molecule has 63 heavy (non-hydrogen) atoms. The van der Waals surface area contributed by atoms with E-state index in [-0.39, 0.29) is 70.7 Å². The van der Waals surface area contributed by atoms with Crippen molar-refractivity contribution >= 4 is 53.3 Å². The summed E-state index contributed by atoms with van der Waals surface area (Å²) in [6.07, 6.45) is 1.46. The van der Waals surface area contributed by atoms with Crippen molar-refractivity contribution in [2.24, 2.45) is 33.7 Å². The van der Waals surface area contributed by atoms with Gasteiger partial charge < -0.3 is 75.7 Å². The summed E-state index contributed by atoms with van der Waals surface area (Å²) in [6.45, 7) is 1.12. The Balaban J connectivity index is 2.23. The molecule has 352 valence electrons. The van der Waals surface area contributed by atoms with Gasteiger partial charge in [0.15, 0.2) is 5.96 Å². The summed E-state index contributed by atoms with van der Waals surface area (Å²) in [5.74, 6) is -6.62. The lowest BCUT2D eigenvalue weighted by molar-refractivity contribution is -0.149. The zero-order chi connectivity index (χ0) is 46.9. The Labute approximate surface area is 366 Å². The van der Waals surface area contributed by atoms with Gasteiger partial charge in [0.25, 0.3) is 0 Å². The van der Waals surface area contributed by atoms with Crippen LogP contribution in [0, 0.1) is 0 Å². The van der Waals surface area contributed by atoms with E-state index >= 15 is 0 Å². The highest BCUT2D eigenvalue weighted by molar-refractivity contribution is 5.97. The monoisotopic (exact) mass is 890 g/mol. The van der Waals surface area contributed by atoms with Gasteiger partial charge in [-0.1, -0.05) is 30.3 Å². The van der Waals surface area contributed by atoms with Crippen molar-refractivity contribution in [1.82, 2.24) is 36.8 Å². The van der Waals surface area contributed by atoms with Gasteiger partial charge in [0, 0.05) is 19.5 Å². The Kier molecular flexibility index (Phi) is 24.2. The number of aliphatic hydroxyl groups excluding tert-OH is 1. The maximum Gasteiger partial charge on any atom is 0.326 e. The van der Waals surface area contributed by atoms with Crippen LogP contribution in [0.15, 0.2) is 35.3 Å². The molecule has 1 heterocycles. The number of aliphatic carboxylic acids is 1. The van der Waals surface area contributed by atoms with Crippen LogP contribution < -0.4 is 60.6 Å². The SMILES string of the molecule is C[C@@H](O)[C@H](NC(=O)[C@H](Cc1ccccc1)NC(=O)CN)C(=O)N[C@@H](CCCCN)C(=O)N[C@@H](CCCCN)C(=O)NCC(=O)N[C@@H](CCCN=C(N)N)C(=O)N1CCC[C@H]1C(=O)O. The fraction of sp³-hybridized carbons (Fsp3) is 0.625. The number of unbranched alkanes of at least 4 members (excludes halogenated alkanes) is 2. The third-order valence-electron chi connectivity index (χ3n) is 10.2. The highest BCUT2D eigenvalue weighted by Crippen LogP contribution is 2.20. The number of nitrogens with one attached hydrogen (secondary N) is 6.